The van der Waals surface area contributed by atoms with Gasteiger partial charge in [-0.2, -0.15) is 0 Å². The van der Waals surface area contributed by atoms with Gasteiger partial charge in [0.25, 0.3) is 0 Å². The van der Waals surface area contributed by atoms with E-state index in [2.05, 4.69) is 15.5 Å². The molecule has 2 aliphatic rings. The topological polar surface area (TPSA) is 86.0 Å². The zero-order valence-electron chi connectivity index (χ0n) is 23.4. The van der Waals surface area contributed by atoms with Crippen LogP contribution in [0, 0.1) is 5.82 Å². The number of piperidine rings is 1. The molecule has 0 saturated carbocycles. The number of ether oxygens (including phenoxy) is 3. The van der Waals surface area contributed by atoms with Gasteiger partial charge in [0.1, 0.15) is 35.3 Å². The molecule has 1 N–H and O–H groups in total. The van der Waals surface area contributed by atoms with Crippen LogP contribution in [0.25, 0.3) is 11.0 Å². The number of carboxylic acid groups (broad SMARTS) is 1. The van der Waals surface area contributed by atoms with E-state index in [4.69, 9.17) is 30.8 Å². The SMILES string of the molecule is COc1cc(C(=O)O)cc2c1nc(CN1CCC(c3ccccc3OCc3ccc(Cl)cc3F)CC1)n2C[C@@H]1CCO1. The molecule has 0 radical (unpaired) electrons. The second-order valence-electron chi connectivity index (χ2n) is 10.9. The Morgan fingerprint density at radius 3 is 2.60 bits per heavy atom. The number of imidazole rings is 1. The number of hydrogen-bond donors (Lipinski definition) is 1. The maximum atomic E-state index is 14.3. The summed E-state index contributed by atoms with van der Waals surface area (Å²) >= 11 is 5.89. The monoisotopic (exact) mass is 593 g/mol. The summed E-state index contributed by atoms with van der Waals surface area (Å²) in [6, 6.07) is 15.8. The molecule has 0 bridgehead atoms. The number of methoxy groups -OCH3 is 1. The third-order valence-corrected chi connectivity index (χ3v) is 8.49. The Kier molecular flexibility index (Phi) is 8.33. The van der Waals surface area contributed by atoms with Crippen molar-refractivity contribution in [3.8, 4) is 11.5 Å². The Balaban J connectivity index is 1.17. The number of aromatic carboxylic acids is 1. The van der Waals surface area contributed by atoms with Gasteiger partial charge in [-0.3, -0.25) is 4.90 Å². The van der Waals surface area contributed by atoms with Gasteiger partial charge in [-0.25, -0.2) is 14.2 Å². The number of carbonyl (C=O) groups is 1. The fourth-order valence-electron chi connectivity index (χ4n) is 5.82. The van der Waals surface area contributed by atoms with Gasteiger partial charge >= 0.3 is 5.97 Å². The van der Waals surface area contributed by atoms with Gasteiger partial charge in [-0.05, 0) is 74.2 Å². The van der Waals surface area contributed by atoms with E-state index >= 15 is 0 Å². The van der Waals surface area contributed by atoms with Gasteiger partial charge in [0.2, 0.25) is 0 Å². The lowest BCUT2D eigenvalue weighted by Crippen LogP contribution is -2.35. The van der Waals surface area contributed by atoms with Crippen LogP contribution in [0.5, 0.6) is 11.5 Å². The molecule has 2 fully saturated rings. The van der Waals surface area contributed by atoms with Crippen molar-refractivity contribution < 1.29 is 28.5 Å². The minimum atomic E-state index is -1.01. The van der Waals surface area contributed by atoms with Gasteiger partial charge in [0.15, 0.2) is 0 Å². The van der Waals surface area contributed by atoms with E-state index in [0.29, 0.717) is 40.9 Å². The highest BCUT2D eigenvalue weighted by Gasteiger charge is 2.27. The van der Waals surface area contributed by atoms with Crippen LogP contribution in [0.1, 0.15) is 52.5 Å². The fourth-order valence-corrected chi connectivity index (χ4v) is 5.98. The first-order chi connectivity index (χ1) is 20.4. The Labute approximate surface area is 248 Å². The number of halogens is 2. The van der Waals surface area contributed by atoms with Crippen molar-refractivity contribution in [3.63, 3.8) is 0 Å². The molecule has 3 heterocycles. The van der Waals surface area contributed by atoms with Crippen molar-refractivity contribution in [1.82, 2.24) is 14.5 Å². The van der Waals surface area contributed by atoms with Crippen molar-refractivity contribution in [2.75, 3.05) is 26.8 Å². The van der Waals surface area contributed by atoms with Crippen molar-refractivity contribution in [1.29, 1.82) is 0 Å². The Morgan fingerprint density at radius 2 is 1.90 bits per heavy atom. The number of fused-ring (bicyclic) bond motifs is 1. The number of likely N-dealkylation sites (tertiary alicyclic amines) is 1. The van der Waals surface area contributed by atoms with Gasteiger partial charge in [-0.1, -0.05) is 35.9 Å². The van der Waals surface area contributed by atoms with Crippen LogP contribution in [-0.4, -0.2) is 58.4 Å². The molecule has 6 rings (SSSR count). The number of hydrogen-bond acceptors (Lipinski definition) is 6. The Bertz CT molecular complexity index is 1600. The molecule has 0 amide bonds. The van der Waals surface area contributed by atoms with Crippen LogP contribution >= 0.6 is 11.6 Å². The zero-order valence-corrected chi connectivity index (χ0v) is 24.1. The first kappa shape index (κ1) is 28.5. The number of para-hydroxylation sites is 1. The average Bonchev–Trinajstić information content (AvgIpc) is 3.31. The minimum absolute atomic E-state index is 0.0872. The largest absolute Gasteiger partial charge is 0.494 e. The highest BCUT2D eigenvalue weighted by molar-refractivity contribution is 6.30. The van der Waals surface area contributed by atoms with Crippen molar-refractivity contribution >= 4 is 28.6 Å². The highest BCUT2D eigenvalue weighted by atomic mass is 35.5. The molecule has 1 aromatic heterocycles. The van der Waals surface area contributed by atoms with E-state index in [1.54, 1.807) is 18.2 Å². The summed E-state index contributed by atoms with van der Waals surface area (Å²) in [7, 11) is 1.53. The van der Waals surface area contributed by atoms with Crippen LogP contribution < -0.4 is 9.47 Å². The highest BCUT2D eigenvalue weighted by Crippen LogP contribution is 2.36. The summed E-state index contributed by atoms with van der Waals surface area (Å²) in [6.07, 6.45) is 2.93. The fraction of sp³-hybridized carbons (Fsp3) is 0.375. The summed E-state index contributed by atoms with van der Waals surface area (Å²) < 4.78 is 33.7. The summed E-state index contributed by atoms with van der Waals surface area (Å²) in [5, 5.41) is 10.0. The smallest absolute Gasteiger partial charge is 0.335 e. The maximum Gasteiger partial charge on any atom is 0.335 e. The lowest BCUT2D eigenvalue weighted by atomic mass is 9.89. The van der Waals surface area contributed by atoms with Gasteiger partial charge < -0.3 is 23.9 Å². The molecule has 220 valence electrons. The van der Waals surface area contributed by atoms with Gasteiger partial charge in [0.05, 0.1) is 37.4 Å². The Morgan fingerprint density at radius 1 is 1.12 bits per heavy atom. The molecule has 10 heteroatoms. The molecule has 42 heavy (non-hydrogen) atoms. The van der Waals surface area contributed by atoms with E-state index in [1.807, 2.05) is 18.2 Å². The second-order valence-corrected chi connectivity index (χ2v) is 11.3. The normalized spacial score (nSPS) is 17.7. The second kappa shape index (κ2) is 12.3. The summed E-state index contributed by atoms with van der Waals surface area (Å²) in [6.45, 7) is 3.86. The number of benzene rings is 3. The number of carboxylic acids is 1. The molecule has 3 aromatic carbocycles. The first-order valence-corrected chi connectivity index (χ1v) is 14.6. The molecular formula is C32H33ClFN3O5. The lowest BCUT2D eigenvalue weighted by Gasteiger charge is -2.33. The summed E-state index contributed by atoms with van der Waals surface area (Å²) in [5.74, 6) is 1.03. The van der Waals surface area contributed by atoms with E-state index in [1.165, 1.54) is 19.2 Å². The van der Waals surface area contributed by atoms with Crippen LogP contribution in [0.15, 0.2) is 54.6 Å². The van der Waals surface area contributed by atoms with Crippen molar-refractivity contribution in [3.05, 3.63) is 88.0 Å². The van der Waals surface area contributed by atoms with E-state index in [9.17, 15) is 14.3 Å². The molecular weight excluding hydrogens is 561 g/mol. The molecule has 2 saturated heterocycles. The summed E-state index contributed by atoms with van der Waals surface area (Å²) in [5.41, 5.74) is 3.17. The third kappa shape index (κ3) is 5.95. The number of nitrogens with zero attached hydrogens (tertiary/aromatic N) is 3. The predicted molar refractivity (Wildman–Crippen MR) is 157 cm³/mol. The van der Waals surface area contributed by atoms with Crippen molar-refractivity contribution in [2.24, 2.45) is 0 Å². The van der Waals surface area contributed by atoms with Crippen LogP contribution in [0.3, 0.4) is 0 Å². The standard InChI is InChI=1S/C32H33ClFN3O5/c1-40-29-15-22(32(38)39)14-27-31(29)35-30(37(27)17-24-10-13-41-24)18-36-11-8-20(9-12-36)25-4-2-3-5-28(25)42-19-21-6-7-23(33)16-26(21)34/h2-7,14-16,20,24H,8-13,17-19H2,1H3,(H,38,39)/t24-/m0/s1. The molecule has 0 spiro atoms. The molecule has 1 atom stereocenters. The zero-order chi connectivity index (χ0) is 29.2. The average molecular weight is 594 g/mol. The molecule has 0 unspecified atom stereocenters. The predicted octanol–water partition coefficient (Wildman–Crippen LogP) is 6.28. The van der Waals surface area contributed by atoms with Gasteiger partial charge in [-0.15, -0.1) is 0 Å². The minimum Gasteiger partial charge on any atom is -0.494 e. The quantitative estimate of drug-likeness (QED) is 0.231. The van der Waals surface area contributed by atoms with E-state index in [0.717, 1.165) is 61.6 Å². The van der Waals surface area contributed by atoms with Crippen LogP contribution in [0.4, 0.5) is 4.39 Å². The van der Waals surface area contributed by atoms with Crippen molar-refractivity contribution in [2.45, 2.75) is 51.0 Å². The summed E-state index contributed by atoms with van der Waals surface area (Å²) in [4.78, 5) is 19.1. The van der Waals surface area contributed by atoms with E-state index in [-0.39, 0.29) is 24.1 Å². The number of aromatic nitrogens is 2. The van der Waals surface area contributed by atoms with E-state index < -0.39 is 5.97 Å². The molecule has 0 aliphatic carbocycles. The number of rotatable bonds is 10. The first-order valence-electron chi connectivity index (χ1n) is 14.2. The molecule has 4 aromatic rings. The lowest BCUT2D eigenvalue weighted by molar-refractivity contribution is -0.0592. The third-order valence-electron chi connectivity index (χ3n) is 8.25. The molecule has 8 nitrogen and oxygen atoms in total. The Hall–Kier alpha value is -3.66. The van der Waals surface area contributed by atoms with Crippen LogP contribution in [-0.2, 0) is 24.4 Å². The maximum absolute atomic E-state index is 14.3. The van der Waals surface area contributed by atoms with Crippen LogP contribution in [0.2, 0.25) is 5.02 Å². The van der Waals surface area contributed by atoms with Gasteiger partial charge in [0, 0.05) is 17.2 Å². The molecule has 2 aliphatic heterocycles.